The molecular formula is C29H23N3O4S2. The van der Waals surface area contributed by atoms with Crippen LogP contribution >= 0.6 is 24.0 Å². The number of carbonyl (C=O) groups is 2. The quantitative estimate of drug-likeness (QED) is 0.212. The van der Waals surface area contributed by atoms with E-state index in [4.69, 9.17) is 27.2 Å². The van der Waals surface area contributed by atoms with E-state index < -0.39 is 5.97 Å². The molecule has 1 aliphatic heterocycles. The monoisotopic (exact) mass is 541 g/mol. The number of hydrogen-bond donors (Lipinski definition) is 1. The lowest BCUT2D eigenvalue weighted by Gasteiger charge is -2.12. The van der Waals surface area contributed by atoms with Gasteiger partial charge < -0.3 is 9.84 Å². The van der Waals surface area contributed by atoms with E-state index >= 15 is 0 Å². The van der Waals surface area contributed by atoms with E-state index in [1.165, 1.54) is 4.90 Å². The zero-order chi connectivity index (χ0) is 26.5. The minimum atomic E-state index is -0.983. The van der Waals surface area contributed by atoms with Crippen LogP contribution in [0.3, 0.4) is 0 Å². The van der Waals surface area contributed by atoms with E-state index in [9.17, 15) is 9.59 Å². The van der Waals surface area contributed by atoms with Gasteiger partial charge in [0, 0.05) is 23.9 Å². The number of rotatable bonds is 9. The summed E-state index contributed by atoms with van der Waals surface area (Å²) in [5.74, 6) is -0.588. The van der Waals surface area contributed by atoms with Crippen LogP contribution in [0, 0.1) is 0 Å². The van der Waals surface area contributed by atoms with E-state index in [-0.39, 0.29) is 18.9 Å². The first-order valence-electron chi connectivity index (χ1n) is 11.9. The van der Waals surface area contributed by atoms with Crippen LogP contribution in [-0.4, -0.2) is 42.5 Å². The van der Waals surface area contributed by atoms with Gasteiger partial charge in [0.2, 0.25) is 0 Å². The number of nitrogens with zero attached hydrogens (tertiary/aromatic N) is 3. The fourth-order valence-electron chi connectivity index (χ4n) is 3.95. The third-order valence-corrected chi connectivity index (χ3v) is 7.21. The highest BCUT2D eigenvalue weighted by molar-refractivity contribution is 8.26. The first-order valence-corrected chi connectivity index (χ1v) is 13.1. The highest BCUT2D eigenvalue weighted by Gasteiger charge is 2.32. The molecule has 1 N–H and O–H groups in total. The van der Waals surface area contributed by atoms with Crippen molar-refractivity contribution in [1.82, 2.24) is 14.7 Å². The molecule has 9 heteroatoms. The molecule has 0 radical (unpaired) electrons. The van der Waals surface area contributed by atoms with Gasteiger partial charge in [0.1, 0.15) is 22.4 Å². The lowest BCUT2D eigenvalue weighted by atomic mass is 10.1. The Kier molecular flexibility index (Phi) is 7.67. The largest absolute Gasteiger partial charge is 0.489 e. The van der Waals surface area contributed by atoms with Crippen LogP contribution in [-0.2, 0) is 16.2 Å². The normalized spacial score (nSPS) is 14.3. The average Bonchev–Trinajstić information content (AvgIpc) is 3.47. The number of aromatic nitrogens is 2. The van der Waals surface area contributed by atoms with Crippen molar-refractivity contribution in [3.05, 3.63) is 107 Å². The predicted octanol–water partition coefficient (Wildman–Crippen LogP) is 5.79. The van der Waals surface area contributed by atoms with Crippen molar-refractivity contribution in [3.8, 4) is 22.7 Å². The molecule has 0 saturated carbocycles. The molecule has 2 heterocycles. The van der Waals surface area contributed by atoms with Crippen molar-refractivity contribution in [2.75, 3.05) is 6.54 Å². The van der Waals surface area contributed by atoms with Gasteiger partial charge in [-0.3, -0.25) is 14.5 Å². The lowest BCUT2D eigenvalue weighted by molar-refractivity contribution is -0.137. The van der Waals surface area contributed by atoms with Gasteiger partial charge in [0.15, 0.2) is 0 Å². The summed E-state index contributed by atoms with van der Waals surface area (Å²) < 4.78 is 8.14. The number of thiocarbonyl (C=S) groups is 1. The summed E-state index contributed by atoms with van der Waals surface area (Å²) in [5, 5.41) is 13.9. The van der Waals surface area contributed by atoms with Crippen molar-refractivity contribution in [2.45, 2.75) is 13.0 Å². The van der Waals surface area contributed by atoms with Crippen molar-refractivity contribution in [3.63, 3.8) is 0 Å². The minimum Gasteiger partial charge on any atom is -0.489 e. The van der Waals surface area contributed by atoms with Gasteiger partial charge in [-0.2, -0.15) is 5.10 Å². The number of thioether (sulfide) groups is 1. The second-order valence-corrected chi connectivity index (χ2v) is 10.2. The number of carboxylic acid groups (broad SMARTS) is 1. The third-order valence-electron chi connectivity index (χ3n) is 5.83. The maximum absolute atomic E-state index is 13.0. The van der Waals surface area contributed by atoms with Crippen LogP contribution in [0.15, 0.2) is 96.0 Å². The Morgan fingerprint density at radius 1 is 1.03 bits per heavy atom. The van der Waals surface area contributed by atoms with Crippen LogP contribution in [0.4, 0.5) is 0 Å². The molecule has 1 saturated heterocycles. The third kappa shape index (κ3) is 5.85. The molecule has 1 fully saturated rings. The van der Waals surface area contributed by atoms with Gasteiger partial charge in [-0.25, -0.2) is 4.68 Å². The van der Waals surface area contributed by atoms with Crippen molar-refractivity contribution in [1.29, 1.82) is 0 Å². The van der Waals surface area contributed by atoms with Gasteiger partial charge in [-0.1, -0.05) is 84.6 Å². The predicted molar refractivity (Wildman–Crippen MR) is 152 cm³/mol. The Morgan fingerprint density at radius 3 is 2.50 bits per heavy atom. The standard InChI is InChI=1S/C29H23N3O4S2/c33-26(34)14-15-31-28(35)25(38-29(31)37)17-22-18-32(23-11-5-2-6-12-23)30-27(22)21-10-7-13-24(16-21)36-19-20-8-3-1-4-9-20/h1-13,16-18H,14-15,19H2,(H,33,34)/b25-17-. The number of carboxylic acids is 1. The molecular weight excluding hydrogens is 518 g/mol. The lowest BCUT2D eigenvalue weighted by Crippen LogP contribution is -2.30. The average molecular weight is 542 g/mol. The summed E-state index contributed by atoms with van der Waals surface area (Å²) in [4.78, 5) is 25.8. The van der Waals surface area contributed by atoms with Crippen molar-refractivity contribution in [2.24, 2.45) is 0 Å². The molecule has 1 aliphatic rings. The maximum Gasteiger partial charge on any atom is 0.305 e. The number of para-hydroxylation sites is 1. The van der Waals surface area contributed by atoms with Crippen LogP contribution < -0.4 is 4.74 Å². The molecule has 3 aromatic carbocycles. The number of aliphatic carboxylic acids is 1. The zero-order valence-corrected chi connectivity index (χ0v) is 21.8. The Balaban J connectivity index is 1.48. The summed E-state index contributed by atoms with van der Waals surface area (Å²) in [6.07, 6.45) is 3.46. The minimum absolute atomic E-state index is 0.0360. The smallest absolute Gasteiger partial charge is 0.305 e. The van der Waals surface area contributed by atoms with Crippen LogP contribution in [0.5, 0.6) is 5.75 Å². The van der Waals surface area contributed by atoms with Crippen LogP contribution in [0.2, 0.25) is 0 Å². The van der Waals surface area contributed by atoms with E-state index in [1.807, 2.05) is 91.1 Å². The molecule has 0 unspecified atom stereocenters. The molecule has 190 valence electrons. The summed E-state index contributed by atoms with van der Waals surface area (Å²) in [7, 11) is 0. The Hall–Kier alpha value is -4.21. The van der Waals surface area contributed by atoms with Gasteiger partial charge in [-0.05, 0) is 35.9 Å². The fourth-order valence-corrected chi connectivity index (χ4v) is 5.25. The van der Waals surface area contributed by atoms with Crippen molar-refractivity contribution >= 4 is 46.3 Å². The highest BCUT2D eigenvalue weighted by atomic mass is 32.2. The van der Waals surface area contributed by atoms with Gasteiger partial charge >= 0.3 is 5.97 Å². The van der Waals surface area contributed by atoms with Gasteiger partial charge in [-0.15, -0.1) is 0 Å². The summed E-state index contributed by atoms with van der Waals surface area (Å²) in [5.41, 5.74) is 4.18. The maximum atomic E-state index is 13.0. The topological polar surface area (TPSA) is 84.7 Å². The number of carbonyl (C=O) groups excluding carboxylic acids is 1. The SMILES string of the molecule is O=C(O)CCN1C(=O)/C(=C/c2cn(-c3ccccc3)nc2-c2cccc(OCc3ccccc3)c2)SC1=S. The molecule has 0 aliphatic carbocycles. The van der Waals surface area contributed by atoms with E-state index in [1.54, 1.807) is 10.8 Å². The number of ether oxygens (including phenoxy) is 1. The summed E-state index contributed by atoms with van der Waals surface area (Å²) in [6, 6.07) is 27.3. The van der Waals surface area contributed by atoms with E-state index in [0.717, 1.165) is 34.1 Å². The van der Waals surface area contributed by atoms with E-state index in [0.29, 0.717) is 27.3 Å². The molecule has 7 nitrogen and oxygen atoms in total. The van der Waals surface area contributed by atoms with Gasteiger partial charge in [0.05, 0.1) is 17.0 Å². The van der Waals surface area contributed by atoms with E-state index in [2.05, 4.69) is 0 Å². The fraction of sp³-hybridized carbons (Fsp3) is 0.103. The molecule has 0 bridgehead atoms. The molecule has 5 rings (SSSR count). The highest BCUT2D eigenvalue weighted by Crippen LogP contribution is 2.35. The molecule has 1 aromatic heterocycles. The molecule has 0 spiro atoms. The second-order valence-electron chi connectivity index (χ2n) is 8.49. The number of hydrogen-bond acceptors (Lipinski definition) is 6. The van der Waals surface area contributed by atoms with Crippen LogP contribution in [0.25, 0.3) is 23.0 Å². The Morgan fingerprint density at radius 2 is 1.76 bits per heavy atom. The first-order chi connectivity index (χ1) is 18.5. The molecule has 0 atom stereocenters. The summed E-state index contributed by atoms with van der Waals surface area (Å²) >= 11 is 6.51. The van der Waals surface area contributed by atoms with Crippen LogP contribution in [0.1, 0.15) is 17.5 Å². The molecule has 38 heavy (non-hydrogen) atoms. The van der Waals surface area contributed by atoms with Gasteiger partial charge in [0.25, 0.3) is 5.91 Å². The molecule has 4 aromatic rings. The summed E-state index contributed by atoms with van der Waals surface area (Å²) in [6.45, 7) is 0.475. The zero-order valence-electron chi connectivity index (χ0n) is 20.2. The molecule has 1 amide bonds. The second kappa shape index (κ2) is 11.5. The Bertz CT molecular complexity index is 1520. The van der Waals surface area contributed by atoms with Crippen molar-refractivity contribution < 1.29 is 19.4 Å². The first kappa shape index (κ1) is 25.4. The number of benzene rings is 3. The number of amides is 1. The Labute approximate surface area is 229 Å².